The van der Waals surface area contributed by atoms with E-state index in [-0.39, 0.29) is 13.0 Å². The zero-order chi connectivity index (χ0) is 14.6. The van der Waals surface area contributed by atoms with Crippen molar-refractivity contribution in [1.82, 2.24) is 14.9 Å². The summed E-state index contributed by atoms with van der Waals surface area (Å²) in [6.07, 6.45) is 0.902. The summed E-state index contributed by atoms with van der Waals surface area (Å²) in [5.74, 6) is -1.56. The summed E-state index contributed by atoms with van der Waals surface area (Å²) in [5.41, 5.74) is -0.912. The van der Waals surface area contributed by atoms with Gasteiger partial charge in [0.1, 0.15) is 0 Å². The summed E-state index contributed by atoms with van der Waals surface area (Å²) < 4.78 is 1.05. The normalized spacial score (nSPS) is 12.1. The molecule has 0 bridgehead atoms. The number of ketones is 1. The van der Waals surface area contributed by atoms with Crippen molar-refractivity contribution in [3.8, 4) is 0 Å². The highest BCUT2D eigenvalue weighted by Gasteiger charge is 2.20. The van der Waals surface area contributed by atoms with Crippen molar-refractivity contribution in [3.05, 3.63) is 32.6 Å². The zero-order valence-corrected chi connectivity index (χ0v) is 10.6. The van der Waals surface area contributed by atoms with Crippen molar-refractivity contribution in [2.24, 2.45) is 0 Å². The highest BCUT2D eigenvalue weighted by atomic mass is 16.4. The van der Waals surface area contributed by atoms with Gasteiger partial charge in [0, 0.05) is 11.8 Å². The van der Waals surface area contributed by atoms with Gasteiger partial charge < -0.3 is 10.4 Å². The largest absolute Gasteiger partial charge is 0.481 e. The number of aromatic amines is 1. The van der Waals surface area contributed by atoms with Crippen LogP contribution in [0.25, 0.3) is 0 Å². The first kappa shape index (κ1) is 14.8. The minimum atomic E-state index is -1.11. The Balaban J connectivity index is 2.93. The maximum atomic E-state index is 11.9. The summed E-state index contributed by atoms with van der Waals surface area (Å²) in [6.45, 7) is 1.21. The van der Waals surface area contributed by atoms with Crippen LogP contribution in [0, 0.1) is 6.92 Å². The fraction of sp³-hybridized carbons (Fsp3) is 0.455. The van der Waals surface area contributed by atoms with E-state index in [0.717, 1.165) is 4.57 Å². The van der Waals surface area contributed by atoms with Gasteiger partial charge in [-0.15, -0.1) is 0 Å². The van der Waals surface area contributed by atoms with Crippen LogP contribution in [-0.2, 0) is 16.1 Å². The maximum absolute atomic E-state index is 11.9. The van der Waals surface area contributed by atoms with Crippen molar-refractivity contribution in [1.29, 1.82) is 0 Å². The molecule has 0 saturated carbocycles. The summed E-state index contributed by atoms with van der Waals surface area (Å²) in [7, 11) is 1.46. The van der Waals surface area contributed by atoms with E-state index < -0.39 is 29.0 Å². The van der Waals surface area contributed by atoms with Crippen molar-refractivity contribution in [3.63, 3.8) is 0 Å². The molecular formula is C11H15N3O5. The van der Waals surface area contributed by atoms with Crippen LogP contribution < -0.4 is 16.6 Å². The van der Waals surface area contributed by atoms with Gasteiger partial charge in [-0.05, 0) is 14.0 Å². The Kier molecular flexibility index (Phi) is 4.76. The lowest BCUT2D eigenvalue weighted by Gasteiger charge is -2.13. The number of rotatable bonds is 6. The Labute approximate surface area is 108 Å². The van der Waals surface area contributed by atoms with Crippen LogP contribution in [0.2, 0.25) is 0 Å². The number of aryl methyl sites for hydroxylation is 1. The van der Waals surface area contributed by atoms with Crippen molar-refractivity contribution < 1.29 is 14.7 Å². The molecule has 1 atom stereocenters. The minimum Gasteiger partial charge on any atom is -0.481 e. The number of hydrogen-bond donors (Lipinski definition) is 3. The molecular weight excluding hydrogens is 254 g/mol. The van der Waals surface area contributed by atoms with Gasteiger partial charge in [-0.3, -0.25) is 23.9 Å². The number of carboxylic acid groups (broad SMARTS) is 1. The molecule has 8 heteroatoms. The van der Waals surface area contributed by atoms with E-state index >= 15 is 0 Å². The number of aromatic nitrogens is 2. The molecule has 0 aliphatic carbocycles. The number of carbonyl (C=O) groups is 2. The Bertz CT molecular complexity index is 601. The quantitative estimate of drug-likeness (QED) is 0.576. The number of carbonyl (C=O) groups excluding carboxylic acids is 1. The van der Waals surface area contributed by atoms with Crippen LogP contribution in [0.5, 0.6) is 0 Å². The summed E-state index contributed by atoms with van der Waals surface area (Å²) in [5, 5.41) is 11.2. The van der Waals surface area contributed by atoms with Crippen LogP contribution in [0.15, 0.2) is 15.8 Å². The number of nitrogens with zero attached hydrogens (tertiary/aromatic N) is 1. The summed E-state index contributed by atoms with van der Waals surface area (Å²) >= 11 is 0. The van der Waals surface area contributed by atoms with Crippen LogP contribution in [-0.4, -0.2) is 39.5 Å². The molecule has 1 rings (SSSR count). The van der Waals surface area contributed by atoms with E-state index in [1.165, 1.54) is 20.2 Å². The second-order valence-electron chi connectivity index (χ2n) is 4.10. The first-order valence-corrected chi connectivity index (χ1v) is 5.57. The van der Waals surface area contributed by atoms with Crippen LogP contribution in [0.4, 0.5) is 0 Å². The number of H-pyrrole nitrogens is 1. The Hall–Kier alpha value is -2.22. The molecule has 0 fully saturated rings. The molecule has 0 aromatic carbocycles. The average molecular weight is 269 g/mol. The molecule has 1 aromatic heterocycles. The standard InChI is InChI=1S/C11H15N3O5/c1-6-4-14(11(19)13-10(6)18)5-8(15)7(12-2)3-9(16)17/h4,7,12H,3,5H2,1-2H3,(H,16,17)(H,13,18,19). The minimum absolute atomic E-state index is 0.296. The number of hydrogen-bond acceptors (Lipinski definition) is 5. The molecule has 0 radical (unpaired) electrons. The average Bonchev–Trinajstić information content (AvgIpc) is 2.32. The topological polar surface area (TPSA) is 121 Å². The third-order valence-electron chi connectivity index (χ3n) is 2.63. The number of aliphatic carboxylic acids is 1. The van der Waals surface area contributed by atoms with Gasteiger partial charge in [0.15, 0.2) is 5.78 Å². The van der Waals surface area contributed by atoms with Crippen LogP contribution in [0.1, 0.15) is 12.0 Å². The smallest absolute Gasteiger partial charge is 0.328 e. The zero-order valence-electron chi connectivity index (χ0n) is 10.6. The fourth-order valence-electron chi connectivity index (χ4n) is 1.57. The molecule has 19 heavy (non-hydrogen) atoms. The van der Waals surface area contributed by atoms with Crippen molar-refractivity contribution in [2.45, 2.75) is 25.9 Å². The molecule has 0 amide bonds. The molecule has 1 heterocycles. The van der Waals surface area contributed by atoms with Crippen molar-refractivity contribution in [2.75, 3.05) is 7.05 Å². The second kappa shape index (κ2) is 6.10. The maximum Gasteiger partial charge on any atom is 0.328 e. The van der Waals surface area contributed by atoms with Gasteiger partial charge in [0.25, 0.3) is 5.56 Å². The first-order valence-electron chi connectivity index (χ1n) is 5.57. The van der Waals surface area contributed by atoms with Gasteiger partial charge in [-0.2, -0.15) is 0 Å². The van der Waals surface area contributed by atoms with E-state index in [4.69, 9.17) is 5.11 Å². The fourth-order valence-corrected chi connectivity index (χ4v) is 1.57. The molecule has 104 valence electrons. The molecule has 0 aliphatic heterocycles. The summed E-state index contributed by atoms with van der Waals surface area (Å²) in [4.78, 5) is 47.2. The predicted molar refractivity (Wildman–Crippen MR) is 66.2 cm³/mol. The van der Waals surface area contributed by atoms with Gasteiger partial charge in [-0.25, -0.2) is 4.79 Å². The lowest BCUT2D eigenvalue weighted by atomic mass is 10.1. The molecule has 0 aliphatic rings. The van der Waals surface area contributed by atoms with E-state index in [1.54, 1.807) is 0 Å². The lowest BCUT2D eigenvalue weighted by Crippen LogP contribution is -2.41. The molecule has 1 aromatic rings. The second-order valence-corrected chi connectivity index (χ2v) is 4.10. The highest BCUT2D eigenvalue weighted by Crippen LogP contribution is 1.96. The molecule has 1 unspecified atom stereocenters. The highest BCUT2D eigenvalue weighted by molar-refractivity contribution is 5.87. The Morgan fingerprint density at radius 3 is 2.63 bits per heavy atom. The monoisotopic (exact) mass is 269 g/mol. The Morgan fingerprint density at radius 1 is 1.47 bits per heavy atom. The first-order chi connectivity index (χ1) is 8.85. The van der Waals surface area contributed by atoms with E-state index in [2.05, 4.69) is 10.3 Å². The van der Waals surface area contributed by atoms with Crippen molar-refractivity contribution >= 4 is 11.8 Å². The van der Waals surface area contributed by atoms with Gasteiger partial charge in [0.05, 0.1) is 19.0 Å². The van der Waals surface area contributed by atoms with Crippen LogP contribution >= 0.6 is 0 Å². The Morgan fingerprint density at radius 2 is 2.11 bits per heavy atom. The number of nitrogens with one attached hydrogen (secondary N) is 2. The molecule has 0 spiro atoms. The number of likely N-dealkylation sites (N-methyl/N-ethyl adjacent to an activating group) is 1. The predicted octanol–water partition coefficient (Wildman–Crippen LogP) is -1.52. The van der Waals surface area contributed by atoms with Gasteiger partial charge in [0.2, 0.25) is 0 Å². The third kappa shape index (κ3) is 3.88. The molecule has 8 nitrogen and oxygen atoms in total. The van der Waals surface area contributed by atoms with Gasteiger partial charge in [-0.1, -0.05) is 0 Å². The van der Waals surface area contributed by atoms with E-state index in [0.29, 0.717) is 5.56 Å². The van der Waals surface area contributed by atoms with E-state index in [1.807, 2.05) is 0 Å². The lowest BCUT2D eigenvalue weighted by molar-refractivity contribution is -0.139. The third-order valence-corrected chi connectivity index (χ3v) is 2.63. The van der Waals surface area contributed by atoms with E-state index in [9.17, 15) is 19.2 Å². The SMILES string of the molecule is CNC(CC(=O)O)C(=O)Cn1cc(C)c(=O)[nH]c1=O. The van der Waals surface area contributed by atoms with Gasteiger partial charge >= 0.3 is 11.7 Å². The molecule has 0 saturated heterocycles. The number of Topliss-reactive ketones (excluding diaryl/α,β-unsaturated/α-hetero) is 1. The molecule has 3 N–H and O–H groups in total. The van der Waals surface area contributed by atoms with Crippen LogP contribution in [0.3, 0.4) is 0 Å². The summed E-state index contributed by atoms with van der Waals surface area (Å²) in [6, 6.07) is -0.878. The number of carboxylic acids is 1.